The van der Waals surface area contributed by atoms with Crippen LogP contribution in [-0.4, -0.2) is 67.2 Å². The number of hydrogen-bond donors (Lipinski definition) is 3. The molecule has 0 bridgehead atoms. The van der Waals surface area contributed by atoms with Gasteiger partial charge in [0.25, 0.3) is 5.60 Å². The van der Waals surface area contributed by atoms with Crippen molar-refractivity contribution in [3.05, 3.63) is 30.5 Å². The molecule has 0 aliphatic heterocycles. The Morgan fingerprint density at radius 3 is 2.37 bits per heavy atom. The van der Waals surface area contributed by atoms with Crippen molar-refractivity contribution < 1.29 is 36.2 Å². The number of halogens is 6. The SMILES string of the molecule is NC[C@@H]1CC[C@@H](Nc2ncc3nnn(-c4ccc(OCC(O)(C(F)(F)F)C(F)(F)F)cc4)c3n2)C1. The fourth-order valence-electron chi connectivity index (χ4n) is 3.77. The van der Waals surface area contributed by atoms with E-state index in [4.69, 9.17) is 5.73 Å². The van der Waals surface area contributed by atoms with Gasteiger partial charge in [-0.05, 0) is 56.0 Å². The van der Waals surface area contributed by atoms with Crippen LogP contribution >= 0.6 is 0 Å². The Labute approximate surface area is 194 Å². The van der Waals surface area contributed by atoms with Crippen LogP contribution in [0.1, 0.15) is 19.3 Å². The van der Waals surface area contributed by atoms with Crippen LogP contribution in [0, 0.1) is 5.92 Å². The molecule has 15 heteroatoms. The Bertz CT molecular complexity index is 1150. The summed E-state index contributed by atoms with van der Waals surface area (Å²) in [6.07, 6.45) is -7.63. The van der Waals surface area contributed by atoms with E-state index in [-0.39, 0.29) is 11.8 Å². The fraction of sp³-hybridized carbons (Fsp3) is 0.500. The van der Waals surface area contributed by atoms with Crippen molar-refractivity contribution in [3.8, 4) is 11.4 Å². The van der Waals surface area contributed by atoms with Crippen molar-refractivity contribution in [2.24, 2.45) is 11.7 Å². The molecule has 9 nitrogen and oxygen atoms in total. The molecule has 2 heterocycles. The van der Waals surface area contributed by atoms with Gasteiger partial charge in [0, 0.05) is 6.04 Å². The molecule has 35 heavy (non-hydrogen) atoms. The summed E-state index contributed by atoms with van der Waals surface area (Å²) in [5.74, 6) is 0.479. The van der Waals surface area contributed by atoms with Crippen LogP contribution in [0.25, 0.3) is 16.9 Å². The van der Waals surface area contributed by atoms with E-state index in [2.05, 4.69) is 30.3 Å². The van der Waals surface area contributed by atoms with E-state index in [9.17, 15) is 31.4 Å². The second-order valence-electron chi connectivity index (χ2n) is 8.30. The predicted molar refractivity (Wildman–Crippen MR) is 111 cm³/mol. The Kier molecular flexibility index (Phi) is 6.48. The van der Waals surface area contributed by atoms with Crippen LogP contribution in [0.2, 0.25) is 0 Å². The molecule has 1 aliphatic rings. The lowest BCUT2D eigenvalue weighted by Gasteiger charge is -2.31. The maximum absolute atomic E-state index is 12.8. The highest BCUT2D eigenvalue weighted by atomic mass is 19.4. The number of nitrogens with one attached hydrogen (secondary N) is 1. The van der Waals surface area contributed by atoms with Gasteiger partial charge >= 0.3 is 12.4 Å². The Morgan fingerprint density at radius 2 is 1.77 bits per heavy atom. The number of rotatable bonds is 7. The second kappa shape index (κ2) is 9.11. The maximum Gasteiger partial charge on any atom is 0.429 e. The van der Waals surface area contributed by atoms with Crippen LogP contribution in [0.5, 0.6) is 5.75 Å². The van der Waals surface area contributed by atoms with E-state index < -0.39 is 24.6 Å². The number of ether oxygens (including phenoxy) is 1. The third kappa shape index (κ3) is 4.96. The number of anilines is 1. The van der Waals surface area contributed by atoms with Gasteiger partial charge in [0.15, 0.2) is 11.2 Å². The van der Waals surface area contributed by atoms with Crippen molar-refractivity contribution >= 4 is 17.1 Å². The summed E-state index contributed by atoms with van der Waals surface area (Å²) >= 11 is 0. The summed E-state index contributed by atoms with van der Waals surface area (Å²) in [5, 5.41) is 20.4. The average Bonchev–Trinajstić information content (AvgIpc) is 3.43. The van der Waals surface area contributed by atoms with Crippen LogP contribution in [0.15, 0.2) is 30.5 Å². The normalized spacial score (nSPS) is 19.3. The van der Waals surface area contributed by atoms with E-state index in [1.165, 1.54) is 23.0 Å². The lowest BCUT2D eigenvalue weighted by molar-refractivity contribution is -0.373. The molecule has 0 spiro atoms. The largest absolute Gasteiger partial charge is 0.490 e. The zero-order valence-corrected chi connectivity index (χ0v) is 18.0. The van der Waals surface area contributed by atoms with Crippen LogP contribution < -0.4 is 15.8 Å². The Morgan fingerprint density at radius 1 is 1.09 bits per heavy atom. The van der Waals surface area contributed by atoms with Crippen LogP contribution in [-0.2, 0) is 0 Å². The minimum Gasteiger partial charge on any atom is -0.490 e. The van der Waals surface area contributed by atoms with Gasteiger partial charge in [-0.3, -0.25) is 0 Å². The number of fused-ring (bicyclic) bond motifs is 1. The average molecular weight is 505 g/mol. The van der Waals surface area contributed by atoms with E-state index in [0.717, 1.165) is 31.4 Å². The third-order valence-corrected chi connectivity index (χ3v) is 5.87. The minimum atomic E-state index is -5.97. The molecule has 4 rings (SSSR count). The standard InChI is InChI=1S/C20H21F6N7O2/c21-19(22,23)18(34,20(24,25)26)10-35-14-5-3-13(4-6-14)33-16-15(31-32-33)9-28-17(30-16)29-12-2-1-11(7-12)8-27/h3-6,9,11-12,34H,1-2,7-8,10,27H2,(H,28,29,30)/t11-,12-/m1/s1. The van der Waals surface area contributed by atoms with E-state index in [1.807, 2.05) is 0 Å². The first kappa shape index (κ1) is 24.9. The van der Waals surface area contributed by atoms with Gasteiger partial charge < -0.3 is 20.9 Å². The minimum absolute atomic E-state index is 0.175. The highest BCUT2D eigenvalue weighted by Gasteiger charge is 2.71. The molecule has 2 aromatic heterocycles. The molecule has 0 radical (unpaired) electrons. The molecular weight excluding hydrogens is 484 g/mol. The third-order valence-electron chi connectivity index (χ3n) is 5.87. The molecule has 3 aromatic rings. The van der Waals surface area contributed by atoms with Gasteiger partial charge in [0.1, 0.15) is 12.4 Å². The number of nitrogens with two attached hydrogens (primary N) is 1. The first-order valence-corrected chi connectivity index (χ1v) is 10.6. The second-order valence-corrected chi connectivity index (χ2v) is 8.30. The zero-order chi connectivity index (χ0) is 25.4. The van der Waals surface area contributed by atoms with E-state index >= 15 is 0 Å². The molecule has 2 atom stereocenters. The topological polar surface area (TPSA) is 124 Å². The van der Waals surface area contributed by atoms with Crippen molar-refractivity contribution in [2.45, 2.75) is 43.3 Å². The lowest BCUT2D eigenvalue weighted by Crippen LogP contribution is -2.60. The molecule has 4 N–H and O–H groups in total. The number of benzene rings is 1. The van der Waals surface area contributed by atoms with Crippen molar-refractivity contribution in [3.63, 3.8) is 0 Å². The van der Waals surface area contributed by atoms with E-state index in [0.29, 0.717) is 35.3 Å². The first-order valence-electron chi connectivity index (χ1n) is 10.6. The molecule has 0 saturated heterocycles. The monoisotopic (exact) mass is 505 g/mol. The molecule has 0 amide bonds. The summed E-state index contributed by atoms with van der Waals surface area (Å²) in [6.45, 7) is -1.44. The fourth-order valence-corrected chi connectivity index (χ4v) is 3.77. The van der Waals surface area contributed by atoms with E-state index in [1.54, 1.807) is 0 Å². The summed E-state index contributed by atoms with van der Waals surface area (Å²) in [5.41, 5.74) is 1.80. The van der Waals surface area contributed by atoms with Gasteiger partial charge in [-0.25, -0.2) is 4.98 Å². The highest BCUT2D eigenvalue weighted by Crippen LogP contribution is 2.43. The lowest BCUT2D eigenvalue weighted by atomic mass is 10.0. The molecule has 0 unspecified atom stereocenters. The Balaban J connectivity index is 1.50. The van der Waals surface area contributed by atoms with Crippen molar-refractivity contribution in [2.75, 3.05) is 18.5 Å². The maximum atomic E-state index is 12.8. The molecule has 1 aliphatic carbocycles. The molecule has 1 saturated carbocycles. The van der Waals surface area contributed by atoms with Crippen molar-refractivity contribution in [1.29, 1.82) is 0 Å². The van der Waals surface area contributed by atoms with Gasteiger partial charge in [-0.2, -0.15) is 36.0 Å². The number of nitrogens with zero attached hydrogens (tertiary/aromatic N) is 5. The molecule has 1 fully saturated rings. The summed E-state index contributed by atoms with van der Waals surface area (Å²) < 4.78 is 82.8. The molecular formula is C20H21F6N7O2. The number of aromatic nitrogens is 5. The number of hydrogen-bond acceptors (Lipinski definition) is 8. The predicted octanol–water partition coefficient (Wildman–Crippen LogP) is 2.98. The van der Waals surface area contributed by atoms with Crippen molar-refractivity contribution in [1.82, 2.24) is 25.0 Å². The summed E-state index contributed by atoms with van der Waals surface area (Å²) in [4.78, 5) is 8.67. The summed E-state index contributed by atoms with van der Waals surface area (Å²) in [6, 6.07) is 5.15. The zero-order valence-electron chi connectivity index (χ0n) is 18.0. The molecule has 1 aromatic carbocycles. The highest BCUT2D eigenvalue weighted by molar-refractivity contribution is 5.72. The Hall–Kier alpha value is -3.20. The van der Waals surface area contributed by atoms with Crippen LogP contribution in [0.4, 0.5) is 32.3 Å². The van der Waals surface area contributed by atoms with Gasteiger partial charge in [0.2, 0.25) is 5.95 Å². The molecule has 190 valence electrons. The summed E-state index contributed by atoms with van der Waals surface area (Å²) in [7, 11) is 0. The quantitative estimate of drug-likeness (QED) is 0.419. The van der Waals surface area contributed by atoms with Gasteiger partial charge in [0.05, 0.1) is 11.9 Å². The smallest absolute Gasteiger partial charge is 0.429 e. The van der Waals surface area contributed by atoms with Crippen LogP contribution in [0.3, 0.4) is 0 Å². The van der Waals surface area contributed by atoms with Gasteiger partial charge in [-0.1, -0.05) is 5.21 Å². The van der Waals surface area contributed by atoms with Gasteiger partial charge in [-0.15, -0.1) is 5.10 Å². The number of aliphatic hydroxyl groups is 1. The first-order chi connectivity index (χ1) is 16.4. The number of alkyl halides is 6.